The van der Waals surface area contributed by atoms with Crippen molar-refractivity contribution in [2.45, 2.75) is 20.0 Å². The number of ether oxygens (including phenoxy) is 1. The molecule has 4 aromatic rings. The van der Waals surface area contributed by atoms with Crippen molar-refractivity contribution < 1.29 is 9.53 Å². The Hall–Kier alpha value is -4.47. The summed E-state index contributed by atoms with van der Waals surface area (Å²) < 4.78 is 8.05. The fraction of sp³-hybridized carbons (Fsp3) is 0.208. The van der Waals surface area contributed by atoms with Gasteiger partial charge in [0, 0.05) is 43.7 Å². The zero-order chi connectivity index (χ0) is 23.8. The van der Waals surface area contributed by atoms with Crippen molar-refractivity contribution in [2.24, 2.45) is 7.05 Å². The number of nitrogens with one attached hydrogen (secondary N) is 3. The van der Waals surface area contributed by atoms with Crippen LogP contribution in [-0.4, -0.2) is 37.9 Å². The highest BCUT2D eigenvalue weighted by Gasteiger charge is 2.28. The molecule has 0 bridgehead atoms. The lowest BCUT2D eigenvalue weighted by Gasteiger charge is -2.25. The summed E-state index contributed by atoms with van der Waals surface area (Å²) in [6.07, 6.45) is 3.56. The van der Waals surface area contributed by atoms with E-state index in [0.717, 1.165) is 22.4 Å². The predicted octanol–water partition coefficient (Wildman–Crippen LogP) is 3.88. The third kappa shape index (κ3) is 3.90. The Morgan fingerprint density at radius 2 is 1.94 bits per heavy atom. The van der Waals surface area contributed by atoms with Crippen LogP contribution in [0.3, 0.4) is 0 Å². The standard InChI is InChI=1S/C24H24N8O2/c1-13-8-9-19(26-11-13)28-20-10-18(22(30-29-20)24(33)25-3)27-17-7-5-6-15-21-16(12-32(4)31-21)14(2)34-23(15)17/h5-12,14H,1-4H3,(H,25,33)(H2,26,27,28,29). The minimum absolute atomic E-state index is 0.157. The molecule has 1 aliphatic rings. The van der Waals surface area contributed by atoms with Crippen LogP contribution in [0.5, 0.6) is 5.75 Å². The van der Waals surface area contributed by atoms with E-state index in [1.165, 1.54) is 0 Å². The molecule has 1 aromatic carbocycles. The van der Waals surface area contributed by atoms with E-state index in [1.54, 1.807) is 24.0 Å². The zero-order valence-electron chi connectivity index (χ0n) is 19.2. The largest absolute Gasteiger partial charge is 0.483 e. The molecule has 172 valence electrons. The number of hydrogen-bond acceptors (Lipinski definition) is 8. The monoisotopic (exact) mass is 456 g/mol. The number of anilines is 4. The van der Waals surface area contributed by atoms with Crippen molar-refractivity contribution in [1.29, 1.82) is 0 Å². The summed E-state index contributed by atoms with van der Waals surface area (Å²) in [6, 6.07) is 11.3. The van der Waals surface area contributed by atoms with Gasteiger partial charge >= 0.3 is 0 Å². The second-order valence-corrected chi connectivity index (χ2v) is 8.09. The molecule has 0 spiro atoms. The molecular weight excluding hydrogens is 432 g/mol. The van der Waals surface area contributed by atoms with Gasteiger partial charge in [-0.1, -0.05) is 12.1 Å². The molecule has 0 radical (unpaired) electrons. The first-order valence-electron chi connectivity index (χ1n) is 10.8. The maximum absolute atomic E-state index is 12.5. The van der Waals surface area contributed by atoms with Crippen LogP contribution < -0.4 is 20.7 Å². The van der Waals surface area contributed by atoms with Crippen LogP contribution >= 0.6 is 0 Å². The van der Waals surface area contributed by atoms with Crippen LogP contribution in [0.1, 0.15) is 34.6 Å². The molecule has 10 nitrogen and oxygen atoms in total. The van der Waals surface area contributed by atoms with Crippen LogP contribution in [0.2, 0.25) is 0 Å². The van der Waals surface area contributed by atoms with Crippen molar-refractivity contribution in [3.05, 3.63) is 65.6 Å². The number of rotatable bonds is 5. The summed E-state index contributed by atoms with van der Waals surface area (Å²) in [7, 11) is 3.44. The molecule has 4 heterocycles. The van der Waals surface area contributed by atoms with E-state index in [1.807, 2.05) is 57.4 Å². The number of nitrogens with zero attached hydrogens (tertiary/aromatic N) is 5. The molecule has 34 heavy (non-hydrogen) atoms. The van der Waals surface area contributed by atoms with Crippen molar-refractivity contribution in [2.75, 3.05) is 17.7 Å². The lowest BCUT2D eigenvalue weighted by atomic mass is 10.00. The van der Waals surface area contributed by atoms with E-state index in [9.17, 15) is 4.79 Å². The normalized spacial score (nSPS) is 13.9. The van der Waals surface area contributed by atoms with Crippen molar-refractivity contribution in [3.8, 4) is 17.0 Å². The Bertz CT molecular complexity index is 1380. The molecule has 1 unspecified atom stereocenters. The predicted molar refractivity (Wildman–Crippen MR) is 129 cm³/mol. The third-order valence-corrected chi connectivity index (χ3v) is 5.53. The van der Waals surface area contributed by atoms with Crippen molar-refractivity contribution >= 4 is 28.9 Å². The number of fused-ring (bicyclic) bond motifs is 3. The SMILES string of the molecule is CNC(=O)c1nnc(Nc2ccc(C)cn2)cc1Nc1cccc2c1OC(C)c1cn(C)nc1-2. The molecule has 1 aliphatic heterocycles. The van der Waals surface area contributed by atoms with Gasteiger partial charge in [-0.25, -0.2) is 4.98 Å². The van der Waals surface area contributed by atoms with Crippen LogP contribution in [0.4, 0.5) is 23.0 Å². The highest BCUT2D eigenvalue weighted by molar-refractivity contribution is 5.99. The van der Waals surface area contributed by atoms with Gasteiger partial charge in [-0.3, -0.25) is 9.48 Å². The summed E-state index contributed by atoms with van der Waals surface area (Å²) >= 11 is 0. The lowest BCUT2D eigenvalue weighted by Crippen LogP contribution is -2.21. The number of aromatic nitrogens is 5. The Morgan fingerprint density at radius 1 is 1.09 bits per heavy atom. The second kappa shape index (κ2) is 8.47. The summed E-state index contributed by atoms with van der Waals surface area (Å²) in [6.45, 7) is 3.95. The first-order valence-corrected chi connectivity index (χ1v) is 10.8. The van der Waals surface area contributed by atoms with Gasteiger partial charge in [-0.05, 0) is 37.6 Å². The Morgan fingerprint density at radius 3 is 2.71 bits per heavy atom. The molecule has 10 heteroatoms. The minimum Gasteiger partial charge on any atom is -0.483 e. The molecular formula is C24H24N8O2. The Balaban J connectivity index is 1.54. The molecule has 3 aromatic heterocycles. The van der Waals surface area contributed by atoms with E-state index < -0.39 is 0 Å². The van der Waals surface area contributed by atoms with Gasteiger partial charge in [-0.15, -0.1) is 10.2 Å². The molecule has 0 saturated carbocycles. The van der Waals surface area contributed by atoms with Gasteiger partial charge in [0.25, 0.3) is 5.91 Å². The van der Waals surface area contributed by atoms with Gasteiger partial charge in [-0.2, -0.15) is 5.10 Å². The summed E-state index contributed by atoms with van der Waals surface area (Å²) in [5.41, 5.74) is 5.16. The second-order valence-electron chi connectivity index (χ2n) is 8.09. The number of aryl methyl sites for hydroxylation is 2. The summed E-state index contributed by atoms with van der Waals surface area (Å²) in [5, 5.41) is 22.0. The average Bonchev–Trinajstić information content (AvgIpc) is 3.23. The highest BCUT2D eigenvalue weighted by Crippen LogP contribution is 2.46. The number of carbonyl (C=O) groups excluding carboxylic acids is 1. The lowest BCUT2D eigenvalue weighted by molar-refractivity contribution is 0.0958. The van der Waals surface area contributed by atoms with E-state index in [4.69, 9.17) is 4.74 Å². The van der Waals surface area contributed by atoms with Crippen LogP contribution in [-0.2, 0) is 7.05 Å². The zero-order valence-corrected chi connectivity index (χ0v) is 19.2. The molecule has 3 N–H and O–H groups in total. The first-order chi connectivity index (χ1) is 16.4. The van der Waals surface area contributed by atoms with Crippen LogP contribution in [0, 0.1) is 6.92 Å². The van der Waals surface area contributed by atoms with Gasteiger partial charge < -0.3 is 20.7 Å². The third-order valence-electron chi connectivity index (χ3n) is 5.53. The first kappa shape index (κ1) is 21.4. The number of benzene rings is 1. The highest BCUT2D eigenvalue weighted by atomic mass is 16.5. The fourth-order valence-electron chi connectivity index (χ4n) is 3.86. The van der Waals surface area contributed by atoms with Gasteiger partial charge in [0.05, 0.1) is 11.4 Å². The number of amides is 1. The van der Waals surface area contributed by atoms with Crippen LogP contribution in [0.15, 0.2) is 48.8 Å². The van der Waals surface area contributed by atoms with Crippen molar-refractivity contribution in [3.63, 3.8) is 0 Å². The minimum atomic E-state index is -0.360. The quantitative estimate of drug-likeness (QED) is 0.414. The van der Waals surface area contributed by atoms with Crippen LogP contribution in [0.25, 0.3) is 11.3 Å². The molecule has 1 amide bonds. The summed E-state index contributed by atoms with van der Waals surface area (Å²) in [4.78, 5) is 16.9. The molecule has 5 rings (SSSR count). The molecule has 1 atom stereocenters. The number of pyridine rings is 1. The number of para-hydroxylation sites is 1. The maximum atomic E-state index is 12.5. The topological polar surface area (TPSA) is 119 Å². The Kier molecular flexibility index (Phi) is 5.33. The molecule has 0 saturated heterocycles. The summed E-state index contributed by atoms with van der Waals surface area (Å²) in [5.74, 6) is 1.37. The van der Waals surface area contributed by atoms with Gasteiger partial charge in [0.15, 0.2) is 17.3 Å². The number of hydrogen-bond donors (Lipinski definition) is 3. The van der Waals surface area contributed by atoms with E-state index in [-0.39, 0.29) is 17.7 Å². The Labute approximate surface area is 196 Å². The fourth-order valence-corrected chi connectivity index (χ4v) is 3.86. The molecule has 0 aliphatic carbocycles. The van der Waals surface area contributed by atoms with Gasteiger partial charge in [0.2, 0.25) is 0 Å². The van der Waals surface area contributed by atoms with E-state index >= 15 is 0 Å². The average molecular weight is 457 g/mol. The van der Waals surface area contributed by atoms with E-state index in [2.05, 4.69) is 36.2 Å². The van der Waals surface area contributed by atoms with Gasteiger partial charge in [0.1, 0.15) is 17.6 Å². The smallest absolute Gasteiger partial charge is 0.273 e. The number of carbonyl (C=O) groups is 1. The molecule has 0 fully saturated rings. The maximum Gasteiger partial charge on any atom is 0.273 e. The van der Waals surface area contributed by atoms with E-state index in [0.29, 0.717) is 28.8 Å². The van der Waals surface area contributed by atoms with Crippen molar-refractivity contribution in [1.82, 2.24) is 30.3 Å².